The van der Waals surface area contributed by atoms with Crippen molar-refractivity contribution in [2.75, 3.05) is 0 Å². The highest BCUT2D eigenvalue weighted by Crippen LogP contribution is 2.37. The number of hydrogen-bond acceptors (Lipinski definition) is 6. The van der Waals surface area contributed by atoms with E-state index < -0.39 is 10.8 Å². The molecule has 2 heterocycles. The maximum atomic E-state index is 13.1. The molecule has 0 aliphatic carbocycles. The summed E-state index contributed by atoms with van der Waals surface area (Å²) < 4.78 is 0. The fourth-order valence-electron chi connectivity index (χ4n) is 3.74. The minimum Gasteiger partial charge on any atom is -0.493 e. The van der Waals surface area contributed by atoms with Crippen LogP contribution in [0, 0.1) is 17.0 Å². The molecule has 0 saturated heterocycles. The number of azo groups is 1. The van der Waals surface area contributed by atoms with Gasteiger partial charge in [0.15, 0.2) is 5.69 Å². The number of nitrogens with zero attached hydrogens (tertiary/aromatic N) is 4. The summed E-state index contributed by atoms with van der Waals surface area (Å²) in [6.45, 7) is 1.99. The molecule has 0 radical (unpaired) electrons. The van der Waals surface area contributed by atoms with Crippen molar-refractivity contribution in [2.24, 2.45) is 10.2 Å². The molecule has 1 amide bonds. The number of carbonyl (C=O) groups excluding carboxylic acids is 1. The molecule has 2 aromatic heterocycles. The Bertz CT molecular complexity index is 1620. The number of benzene rings is 3. The van der Waals surface area contributed by atoms with Crippen molar-refractivity contribution < 1.29 is 14.8 Å². The summed E-state index contributed by atoms with van der Waals surface area (Å²) >= 11 is 0. The molecule has 5 aromatic rings. The minimum absolute atomic E-state index is 0.0517. The monoisotopic (exact) mass is 451 g/mol. The first-order chi connectivity index (χ1) is 16.4. The SMILES string of the molecule is Cc1ccc(-c2cc(C(=O)N=Nc3c(O)[nH]c4ccc([N+](=O)[O-])cc34)c3ccccc3n2)cc1. The van der Waals surface area contributed by atoms with Gasteiger partial charge in [0.05, 0.1) is 27.2 Å². The molecule has 0 aliphatic heterocycles. The van der Waals surface area contributed by atoms with Crippen LogP contribution in [0.3, 0.4) is 0 Å². The first-order valence-corrected chi connectivity index (χ1v) is 10.3. The number of para-hydroxylation sites is 1. The van der Waals surface area contributed by atoms with Crippen molar-refractivity contribution in [3.63, 3.8) is 0 Å². The maximum absolute atomic E-state index is 13.1. The van der Waals surface area contributed by atoms with E-state index in [-0.39, 0.29) is 22.6 Å². The van der Waals surface area contributed by atoms with Crippen molar-refractivity contribution in [1.82, 2.24) is 9.97 Å². The van der Waals surface area contributed by atoms with Crippen molar-refractivity contribution in [2.45, 2.75) is 6.92 Å². The van der Waals surface area contributed by atoms with Gasteiger partial charge in [-0.05, 0) is 25.1 Å². The fourth-order valence-corrected chi connectivity index (χ4v) is 3.74. The lowest BCUT2D eigenvalue weighted by Crippen LogP contribution is -1.99. The Morgan fingerprint density at radius 3 is 2.56 bits per heavy atom. The molecule has 2 N–H and O–H groups in total. The number of amides is 1. The number of pyridine rings is 1. The third-order valence-corrected chi connectivity index (χ3v) is 5.48. The van der Waals surface area contributed by atoms with Crippen LogP contribution in [0.4, 0.5) is 11.4 Å². The normalized spacial score (nSPS) is 11.4. The van der Waals surface area contributed by atoms with Crippen LogP contribution in [0.25, 0.3) is 33.1 Å². The van der Waals surface area contributed by atoms with Crippen molar-refractivity contribution in [1.29, 1.82) is 0 Å². The number of nitrogens with one attached hydrogen (secondary N) is 1. The summed E-state index contributed by atoms with van der Waals surface area (Å²) in [5.74, 6) is -0.974. The van der Waals surface area contributed by atoms with Gasteiger partial charge in [0.1, 0.15) is 0 Å². The van der Waals surface area contributed by atoms with Gasteiger partial charge in [0, 0.05) is 28.5 Å². The van der Waals surface area contributed by atoms with Gasteiger partial charge in [-0.15, -0.1) is 10.2 Å². The molecule has 0 atom stereocenters. The van der Waals surface area contributed by atoms with Crippen molar-refractivity contribution in [3.05, 3.63) is 94.0 Å². The second kappa shape index (κ2) is 8.21. The minimum atomic E-state index is -0.633. The Kier molecular flexibility index (Phi) is 5.06. The first kappa shape index (κ1) is 21.0. The molecule has 0 spiro atoms. The third kappa shape index (κ3) is 3.75. The number of aromatic hydroxyl groups is 1. The number of fused-ring (bicyclic) bond motifs is 2. The molecular formula is C25H17N5O4. The van der Waals surface area contributed by atoms with Gasteiger partial charge in [-0.25, -0.2) is 4.98 Å². The van der Waals surface area contributed by atoms with Crippen LogP contribution >= 0.6 is 0 Å². The molecule has 0 bridgehead atoms. The van der Waals surface area contributed by atoms with Gasteiger partial charge in [0.25, 0.3) is 11.6 Å². The van der Waals surface area contributed by atoms with E-state index in [9.17, 15) is 20.0 Å². The Hall–Kier alpha value is -4.92. The van der Waals surface area contributed by atoms with Gasteiger partial charge in [0.2, 0.25) is 5.88 Å². The molecule has 0 saturated carbocycles. The highest BCUT2D eigenvalue weighted by Gasteiger charge is 2.17. The Labute approximate surface area is 192 Å². The number of non-ortho nitro benzene ring substituents is 1. The Balaban J connectivity index is 1.59. The molecule has 3 aromatic carbocycles. The number of aromatic amines is 1. The fraction of sp³-hybridized carbons (Fsp3) is 0.0400. The molecule has 9 nitrogen and oxygen atoms in total. The number of nitro groups is 1. The van der Waals surface area contributed by atoms with E-state index in [1.807, 2.05) is 43.3 Å². The summed E-state index contributed by atoms with van der Waals surface area (Å²) in [7, 11) is 0. The predicted molar refractivity (Wildman–Crippen MR) is 127 cm³/mol. The molecule has 34 heavy (non-hydrogen) atoms. The van der Waals surface area contributed by atoms with Crippen LogP contribution in [-0.2, 0) is 0 Å². The second-order valence-electron chi connectivity index (χ2n) is 7.75. The average molecular weight is 451 g/mol. The van der Waals surface area contributed by atoms with Gasteiger partial charge in [-0.1, -0.05) is 48.0 Å². The number of nitro benzene ring substituents is 1. The number of rotatable bonds is 4. The first-order valence-electron chi connectivity index (χ1n) is 10.3. The summed E-state index contributed by atoms with van der Waals surface area (Å²) in [5, 5.41) is 30.0. The maximum Gasteiger partial charge on any atom is 0.296 e. The Morgan fingerprint density at radius 2 is 1.79 bits per heavy atom. The summed E-state index contributed by atoms with van der Waals surface area (Å²) in [6, 6.07) is 20.7. The van der Waals surface area contributed by atoms with E-state index in [2.05, 4.69) is 20.2 Å². The van der Waals surface area contributed by atoms with E-state index in [4.69, 9.17) is 0 Å². The molecule has 0 unspecified atom stereocenters. The zero-order valence-electron chi connectivity index (χ0n) is 17.9. The van der Waals surface area contributed by atoms with E-state index in [1.54, 1.807) is 18.2 Å². The van der Waals surface area contributed by atoms with Gasteiger partial charge in [-0.3, -0.25) is 14.9 Å². The summed E-state index contributed by atoms with van der Waals surface area (Å²) in [6.07, 6.45) is 0. The molecular weight excluding hydrogens is 434 g/mol. The van der Waals surface area contributed by atoms with Crippen LogP contribution < -0.4 is 0 Å². The number of hydrogen-bond donors (Lipinski definition) is 2. The van der Waals surface area contributed by atoms with E-state index in [0.717, 1.165) is 11.1 Å². The van der Waals surface area contributed by atoms with E-state index in [0.29, 0.717) is 27.7 Å². The van der Waals surface area contributed by atoms with Gasteiger partial charge in [-0.2, -0.15) is 0 Å². The second-order valence-corrected chi connectivity index (χ2v) is 7.75. The lowest BCUT2D eigenvalue weighted by molar-refractivity contribution is -0.384. The predicted octanol–water partition coefficient (Wildman–Crippen LogP) is 6.23. The Morgan fingerprint density at radius 1 is 1.03 bits per heavy atom. The number of carbonyl (C=O) groups is 1. The lowest BCUT2D eigenvalue weighted by Gasteiger charge is -2.07. The zero-order chi connectivity index (χ0) is 23.8. The highest BCUT2D eigenvalue weighted by molar-refractivity contribution is 6.07. The van der Waals surface area contributed by atoms with Crippen LogP contribution in [0.2, 0.25) is 0 Å². The molecule has 5 rings (SSSR count). The zero-order valence-corrected chi connectivity index (χ0v) is 17.9. The molecule has 166 valence electrons. The van der Waals surface area contributed by atoms with Crippen LogP contribution in [0.15, 0.2) is 83.0 Å². The third-order valence-electron chi connectivity index (χ3n) is 5.48. The van der Waals surface area contributed by atoms with Gasteiger partial charge >= 0.3 is 0 Å². The topological polar surface area (TPSA) is 134 Å². The van der Waals surface area contributed by atoms with E-state index in [1.165, 1.54) is 18.2 Å². The van der Waals surface area contributed by atoms with Crippen LogP contribution in [0.1, 0.15) is 15.9 Å². The van der Waals surface area contributed by atoms with E-state index >= 15 is 0 Å². The van der Waals surface area contributed by atoms with Gasteiger partial charge < -0.3 is 10.1 Å². The number of H-pyrrole nitrogens is 1. The smallest absolute Gasteiger partial charge is 0.296 e. The molecule has 0 aliphatic rings. The lowest BCUT2D eigenvalue weighted by atomic mass is 10.0. The summed E-state index contributed by atoms with van der Waals surface area (Å²) in [4.78, 5) is 31.1. The quantitative estimate of drug-likeness (QED) is 0.190. The highest BCUT2D eigenvalue weighted by atomic mass is 16.6. The number of aromatic nitrogens is 2. The van der Waals surface area contributed by atoms with Crippen LogP contribution in [-0.4, -0.2) is 25.9 Å². The van der Waals surface area contributed by atoms with Crippen molar-refractivity contribution in [3.8, 4) is 17.1 Å². The molecule has 9 heteroatoms. The van der Waals surface area contributed by atoms with Crippen molar-refractivity contribution >= 4 is 39.1 Å². The van der Waals surface area contributed by atoms with Crippen LogP contribution in [0.5, 0.6) is 5.88 Å². The average Bonchev–Trinajstić information content (AvgIpc) is 3.16. The standard InChI is InChI=1S/C25H17N5O4/c1-14-6-8-15(9-7-14)22-13-18(17-4-2-3-5-20(17)26-22)24(31)29-28-23-19-12-16(30(33)34)10-11-21(19)27-25(23)32/h2-13,27,32H,1H3. The summed E-state index contributed by atoms with van der Waals surface area (Å²) in [5.41, 5.74) is 3.71. The largest absolute Gasteiger partial charge is 0.493 e. The number of aryl methyl sites for hydroxylation is 1. The molecule has 0 fully saturated rings.